The van der Waals surface area contributed by atoms with E-state index in [0.29, 0.717) is 23.7 Å². The second-order valence-electron chi connectivity index (χ2n) is 6.91. The Morgan fingerprint density at radius 3 is 2.50 bits per heavy atom. The summed E-state index contributed by atoms with van der Waals surface area (Å²) < 4.78 is 1.88. The smallest absolute Gasteiger partial charge is 0.254 e. The van der Waals surface area contributed by atoms with Gasteiger partial charge in [0, 0.05) is 43.0 Å². The van der Waals surface area contributed by atoms with Gasteiger partial charge in [0.1, 0.15) is 0 Å². The van der Waals surface area contributed by atoms with E-state index >= 15 is 0 Å². The van der Waals surface area contributed by atoms with Crippen molar-refractivity contribution < 1.29 is 4.79 Å². The maximum Gasteiger partial charge on any atom is 0.254 e. The molecule has 1 saturated heterocycles. The van der Waals surface area contributed by atoms with Crippen molar-refractivity contribution in [1.29, 1.82) is 0 Å². The van der Waals surface area contributed by atoms with Crippen molar-refractivity contribution in [2.75, 3.05) is 31.1 Å². The average molecular weight is 396 g/mol. The van der Waals surface area contributed by atoms with Crippen LogP contribution in [0.15, 0.2) is 48.7 Å². The van der Waals surface area contributed by atoms with Gasteiger partial charge in [-0.3, -0.25) is 4.79 Å². The van der Waals surface area contributed by atoms with Crippen LogP contribution in [-0.4, -0.2) is 51.8 Å². The topological polar surface area (TPSA) is 54.3 Å². The lowest BCUT2D eigenvalue weighted by atomic mass is 10.1. The third-order valence-corrected chi connectivity index (χ3v) is 5.31. The fraction of sp³-hybridized carbons (Fsp3) is 0.286. The van der Waals surface area contributed by atoms with E-state index in [1.165, 1.54) is 0 Å². The highest BCUT2D eigenvalue weighted by atomic mass is 35.5. The van der Waals surface area contributed by atoms with E-state index in [-0.39, 0.29) is 5.91 Å². The van der Waals surface area contributed by atoms with Crippen molar-refractivity contribution >= 4 is 23.2 Å². The Labute approximate surface area is 169 Å². The molecule has 1 aromatic carbocycles. The third-order valence-electron chi connectivity index (χ3n) is 5.07. The normalized spacial score (nSPS) is 14.4. The van der Waals surface area contributed by atoms with Gasteiger partial charge in [-0.1, -0.05) is 23.7 Å². The molecule has 1 amide bonds. The first kappa shape index (κ1) is 18.5. The first-order valence-corrected chi connectivity index (χ1v) is 9.70. The molecule has 0 N–H and O–H groups in total. The highest BCUT2D eigenvalue weighted by molar-refractivity contribution is 6.30. The Kier molecular flexibility index (Phi) is 5.05. The summed E-state index contributed by atoms with van der Waals surface area (Å²) in [5.41, 5.74) is 3.79. The van der Waals surface area contributed by atoms with Crippen LogP contribution in [0, 0.1) is 13.8 Å². The van der Waals surface area contributed by atoms with Gasteiger partial charge in [0.05, 0.1) is 17.1 Å². The molecule has 2 aromatic heterocycles. The average Bonchev–Trinajstić information content (AvgIpc) is 3.02. The monoisotopic (exact) mass is 395 g/mol. The Hall–Kier alpha value is -2.86. The molecular formula is C21H22ClN5O. The molecule has 4 rings (SSSR count). The molecule has 7 heteroatoms. The molecule has 0 radical (unpaired) electrons. The number of pyridine rings is 1. The highest BCUT2D eigenvalue weighted by Gasteiger charge is 2.26. The molecule has 3 aromatic rings. The number of carbonyl (C=O) groups excluding carboxylic acids is 1. The number of rotatable bonds is 3. The van der Waals surface area contributed by atoms with Crippen LogP contribution in [0.1, 0.15) is 21.7 Å². The molecule has 0 aliphatic carbocycles. The minimum atomic E-state index is 0.0276. The number of benzene rings is 1. The number of aromatic nitrogens is 3. The molecule has 28 heavy (non-hydrogen) atoms. The zero-order valence-electron chi connectivity index (χ0n) is 16.0. The lowest BCUT2D eigenvalue weighted by Gasteiger charge is -2.36. The summed E-state index contributed by atoms with van der Waals surface area (Å²) in [7, 11) is 0. The van der Waals surface area contributed by atoms with Gasteiger partial charge < -0.3 is 9.80 Å². The molecule has 1 aliphatic rings. The van der Waals surface area contributed by atoms with E-state index in [1.807, 2.05) is 46.8 Å². The first-order valence-electron chi connectivity index (χ1n) is 9.32. The van der Waals surface area contributed by atoms with Crippen LogP contribution in [-0.2, 0) is 0 Å². The quantitative estimate of drug-likeness (QED) is 0.681. The second kappa shape index (κ2) is 7.64. The molecular weight excluding hydrogens is 374 g/mol. The van der Waals surface area contributed by atoms with Crippen LogP contribution >= 0.6 is 11.6 Å². The molecule has 1 fully saturated rings. The molecule has 0 saturated carbocycles. The standard InChI is InChI=1S/C21H22ClN5O/c1-15-20(16(2)27(24-15)19-8-3-4-9-23-19)25-10-12-26(13-11-25)21(28)17-6-5-7-18(22)14-17/h3-9,14H,10-13H2,1-2H3. The number of carbonyl (C=O) groups is 1. The summed E-state index contributed by atoms with van der Waals surface area (Å²) in [4.78, 5) is 21.3. The van der Waals surface area contributed by atoms with Gasteiger partial charge >= 0.3 is 0 Å². The molecule has 0 atom stereocenters. The molecule has 1 aliphatic heterocycles. The summed E-state index contributed by atoms with van der Waals surface area (Å²) in [6, 6.07) is 12.9. The second-order valence-corrected chi connectivity index (χ2v) is 7.35. The van der Waals surface area contributed by atoms with Crippen LogP contribution in [0.25, 0.3) is 5.82 Å². The number of amides is 1. The van der Waals surface area contributed by atoms with E-state index in [4.69, 9.17) is 11.6 Å². The zero-order chi connectivity index (χ0) is 19.7. The summed E-state index contributed by atoms with van der Waals surface area (Å²) in [6.07, 6.45) is 1.77. The Bertz CT molecular complexity index is 993. The predicted octanol–water partition coefficient (Wildman–Crippen LogP) is 3.50. The van der Waals surface area contributed by atoms with Crippen LogP contribution in [0.2, 0.25) is 5.02 Å². The lowest BCUT2D eigenvalue weighted by molar-refractivity contribution is 0.0747. The number of piperazine rings is 1. The van der Waals surface area contributed by atoms with Crippen molar-refractivity contribution in [3.05, 3.63) is 70.6 Å². The van der Waals surface area contributed by atoms with Gasteiger partial charge in [-0.2, -0.15) is 5.10 Å². The van der Waals surface area contributed by atoms with Gasteiger partial charge in [-0.15, -0.1) is 0 Å². The zero-order valence-corrected chi connectivity index (χ0v) is 16.7. The summed E-state index contributed by atoms with van der Waals surface area (Å²) in [6.45, 7) is 6.94. The SMILES string of the molecule is Cc1nn(-c2ccccn2)c(C)c1N1CCN(C(=O)c2cccc(Cl)c2)CC1. The van der Waals surface area contributed by atoms with Crippen LogP contribution in [0.5, 0.6) is 0 Å². The van der Waals surface area contributed by atoms with Gasteiger partial charge in [0.25, 0.3) is 5.91 Å². The minimum Gasteiger partial charge on any atom is -0.365 e. The highest BCUT2D eigenvalue weighted by Crippen LogP contribution is 2.27. The summed E-state index contributed by atoms with van der Waals surface area (Å²) in [5, 5.41) is 5.27. The third kappa shape index (κ3) is 3.47. The number of hydrogen-bond acceptors (Lipinski definition) is 4. The van der Waals surface area contributed by atoms with E-state index in [1.54, 1.807) is 18.3 Å². The van der Waals surface area contributed by atoms with Gasteiger partial charge in [-0.25, -0.2) is 9.67 Å². The van der Waals surface area contributed by atoms with Crippen LogP contribution < -0.4 is 4.90 Å². The summed E-state index contributed by atoms with van der Waals surface area (Å²) in [5.74, 6) is 0.837. The maximum absolute atomic E-state index is 12.7. The van der Waals surface area contributed by atoms with Crippen LogP contribution in [0.3, 0.4) is 0 Å². The fourth-order valence-electron chi connectivity index (χ4n) is 3.73. The van der Waals surface area contributed by atoms with Crippen LogP contribution in [0.4, 0.5) is 5.69 Å². The molecule has 0 bridgehead atoms. The fourth-order valence-corrected chi connectivity index (χ4v) is 3.92. The van der Waals surface area contributed by atoms with E-state index in [0.717, 1.165) is 36.0 Å². The van der Waals surface area contributed by atoms with Crippen molar-refractivity contribution in [1.82, 2.24) is 19.7 Å². The number of anilines is 1. The number of halogens is 1. The van der Waals surface area contributed by atoms with Gasteiger partial charge in [-0.05, 0) is 44.2 Å². The maximum atomic E-state index is 12.7. The number of nitrogens with zero attached hydrogens (tertiary/aromatic N) is 5. The van der Waals surface area contributed by atoms with Gasteiger partial charge in [0.2, 0.25) is 0 Å². The van der Waals surface area contributed by atoms with Crippen molar-refractivity contribution in [2.45, 2.75) is 13.8 Å². The molecule has 0 unspecified atom stereocenters. The van der Waals surface area contributed by atoms with E-state index in [9.17, 15) is 4.79 Å². The Balaban J connectivity index is 1.50. The van der Waals surface area contributed by atoms with E-state index in [2.05, 4.69) is 21.9 Å². The van der Waals surface area contributed by atoms with Crippen molar-refractivity contribution in [3.8, 4) is 5.82 Å². The molecule has 144 valence electrons. The first-order chi connectivity index (χ1) is 13.5. The molecule has 3 heterocycles. The van der Waals surface area contributed by atoms with Gasteiger partial charge in [0.15, 0.2) is 5.82 Å². The largest absolute Gasteiger partial charge is 0.365 e. The van der Waals surface area contributed by atoms with E-state index < -0.39 is 0 Å². The predicted molar refractivity (Wildman–Crippen MR) is 110 cm³/mol. The Morgan fingerprint density at radius 2 is 1.82 bits per heavy atom. The van der Waals surface area contributed by atoms with Crippen molar-refractivity contribution in [2.24, 2.45) is 0 Å². The number of aryl methyl sites for hydroxylation is 1. The Morgan fingerprint density at radius 1 is 1.04 bits per heavy atom. The molecule has 0 spiro atoms. The lowest BCUT2D eigenvalue weighted by Crippen LogP contribution is -2.49. The molecule has 6 nitrogen and oxygen atoms in total. The van der Waals surface area contributed by atoms with Crippen molar-refractivity contribution in [3.63, 3.8) is 0 Å². The minimum absolute atomic E-state index is 0.0276. The summed E-state index contributed by atoms with van der Waals surface area (Å²) >= 11 is 6.03. The number of hydrogen-bond donors (Lipinski definition) is 0.